The van der Waals surface area contributed by atoms with Gasteiger partial charge in [-0.15, -0.1) is 0 Å². The van der Waals surface area contributed by atoms with Crippen LogP contribution in [0, 0.1) is 12.7 Å². The number of amides is 1. The predicted octanol–water partition coefficient (Wildman–Crippen LogP) is 2.20. The van der Waals surface area contributed by atoms with Crippen LogP contribution in [0.2, 0.25) is 0 Å². The number of anilines is 1. The molecule has 1 atom stereocenters. The van der Waals surface area contributed by atoms with E-state index in [0.717, 1.165) is 0 Å². The second kappa shape index (κ2) is 4.61. The van der Waals surface area contributed by atoms with E-state index < -0.39 is 5.54 Å². The highest BCUT2D eigenvalue weighted by Gasteiger charge is 2.25. The highest BCUT2D eigenvalue weighted by molar-refractivity contribution is 5.97. The minimum Gasteiger partial charge on any atom is -0.324 e. The average molecular weight is 224 g/mol. The van der Waals surface area contributed by atoms with Gasteiger partial charge in [0.2, 0.25) is 5.91 Å². The molecule has 1 amide bonds. The van der Waals surface area contributed by atoms with Crippen molar-refractivity contribution >= 4 is 11.6 Å². The summed E-state index contributed by atoms with van der Waals surface area (Å²) < 4.78 is 13.2. The van der Waals surface area contributed by atoms with E-state index in [1.807, 2.05) is 6.92 Å². The Balaban J connectivity index is 2.82. The van der Waals surface area contributed by atoms with Gasteiger partial charge >= 0.3 is 0 Å². The Morgan fingerprint density at radius 3 is 2.69 bits per heavy atom. The van der Waals surface area contributed by atoms with Crippen molar-refractivity contribution in [2.24, 2.45) is 5.73 Å². The van der Waals surface area contributed by atoms with E-state index in [1.165, 1.54) is 6.07 Å². The van der Waals surface area contributed by atoms with Crippen LogP contribution in [0.25, 0.3) is 0 Å². The molecule has 0 saturated heterocycles. The number of hydrogen-bond donors (Lipinski definition) is 2. The molecule has 3 N–H and O–H groups in total. The van der Waals surface area contributed by atoms with Gasteiger partial charge in [0.1, 0.15) is 5.82 Å². The summed E-state index contributed by atoms with van der Waals surface area (Å²) in [5.41, 5.74) is 5.81. The average Bonchev–Trinajstić information content (AvgIpc) is 2.23. The quantitative estimate of drug-likeness (QED) is 0.827. The number of benzene rings is 1. The Hall–Kier alpha value is -1.42. The standard InChI is InChI=1S/C12H17FN2O/c1-4-12(3,14)11(16)15-9-6-5-8(2)10(13)7-9/h5-7H,4,14H2,1-3H3,(H,15,16). The lowest BCUT2D eigenvalue weighted by Crippen LogP contribution is -2.47. The lowest BCUT2D eigenvalue weighted by molar-refractivity contribution is -0.120. The van der Waals surface area contributed by atoms with Crippen LogP contribution >= 0.6 is 0 Å². The zero-order valence-electron chi connectivity index (χ0n) is 9.80. The molecule has 1 unspecified atom stereocenters. The molecule has 1 rings (SSSR count). The second-order valence-electron chi connectivity index (χ2n) is 4.19. The SMILES string of the molecule is CCC(C)(N)C(=O)Nc1ccc(C)c(F)c1. The Labute approximate surface area is 94.8 Å². The van der Waals surface area contributed by atoms with Crippen molar-refractivity contribution < 1.29 is 9.18 Å². The normalized spacial score (nSPS) is 14.3. The molecular formula is C12H17FN2O. The van der Waals surface area contributed by atoms with Gasteiger partial charge in [-0.25, -0.2) is 4.39 Å². The molecule has 16 heavy (non-hydrogen) atoms. The largest absolute Gasteiger partial charge is 0.324 e. The molecule has 1 aromatic rings. The van der Waals surface area contributed by atoms with Gasteiger partial charge in [-0.1, -0.05) is 13.0 Å². The van der Waals surface area contributed by atoms with Crippen molar-refractivity contribution in [1.29, 1.82) is 0 Å². The van der Waals surface area contributed by atoms with E-state index in [1.54, 1.807) is 26.0 Å². The third-order valence-corrected chi connectivity index (χ3v) is 2.68. The first-order valence-electron chi connectivity index (χ1n) is 5.23. The van der Waals surface area contributed by atoms with Crippen LogP contribution < -0.4 is 11.1 Å². The van der Waals surface area contributed by atoms with Crippen molar-refractivity contribution in [2.75, 3.05) is 5.32 Å². The molecule has 0 aliphatic rings. The van der Waals surface area contributed by atoms with Gasteiger partial charge < -0.3 is 11.1 Å². The fraction of sp³-hybridized carbons (Fsp3) is 0.417. The van der Waals surface area contributed by atoms with Crippen molar-refractivity contribution in [3.8, 4) is 0 Å². The molecule has 0 spiro atoms. The summed E-state index contributed by atoms with van der Waals surface area (Å²) in [5.74, 6) is -0.647. The molecule has 0 fully saturated rings. The second-order valence-corrected chi connectivity index (χ2v) is 4.19. The number of aryl methyl sites for hydroxylation is 1. The van der Waals surface area contributed by atoms with E-state index >= 15 is 0 Å². The molecule has 0 radical (unpaired) electrons. The molecule has 1 aromatic carbocycles. The fourth-order valence-corrected chi connectivity index (χ4v) is 1.11. The summed E-state index contributed by atoms with van der Waals surface area (Å²) in [4.78, 5) is 11.7. The van der Waals surface area contributed by atoms with E-state index in [-0.39, 0.29) is 11.7 Å². The van der Waals surface area contributed by atoms with Crippen LogP contribution in [0.1, 0.15) is 25.8 Å². The molecule has 4 heteroatoms. The summed E-state index contributed by atoms with van der Waals surface area (Å²) in [6, 6.07) is 4.56. The summed E-state index contributed by atoms with van der Waals surface area (Å²) in [6.07, 6.45) is 0.521. The van der Waals surface area contributed by atoms with E-state index in [0.29, 0.717) is 17.7 Å². The summed E-state index contributed by atoms with van der Waals surface area (Å²) in [7, 11) is 0. The maximum atomic E-state index is 13.2. The highest BCUT2D eigenvalue weighted by Crippen LogP contribution is 2.15. The number of halogens is 1. The first-order chi connectivity index (χ1) is 7.36. The van der Waals surface area contributed by atoms with Crippen molar-refractivity contribution in [3.63, 3.8) is 0 Å². The monoisotopic (exact) mass is 224 g/mol. The Bertz CT molecular complexity index is 402. The zero-order valence-corrected chi connectivity index (χ0v) is 9.80. The number of nitrogens with two attached hydrogens (primary N) is 1. The smallest absolute Gasteiger partial charge is 0.244 e. The number of nitrogens with one attached hydrogen (secondary N) is 1. The van der Waals surface area contributed by atoms with E-state index in [9.17, 15) is 9.18 Å². The Morgan fingerprint density at radius 1 is 1.56 bits per heavy atom. The molecule has 0 aromatic heterocycles. The third-order valence-electron chi connectivity index (χ3n) is 2.68. The molecule has 0 heterocycles. The number of rotatable bonds is 3. The van der Waals surface area contributed by atoms with Crippen molar-refractivity contribution in [3.05, 3.63) is 29.6 Å². The number of hydrogen-bond acceptors (Lipinski definition) is 2. The summed E-state index contributed by atoms with van der Waals surface area (Å²) >= 11 is 0. The lowest BCUT2D eigenvalue weighted by Gasteiger charge is -2.21. The summed E-state index contributed by atoms with van der Waals surface area (Å²) in [5, 5.41) is 2.60. The lowest BCUT2D eigenvalue weighted by atomic mass is 9.99. The van der Waals surface area contributed by atoms with Crippen LogP contribution in [-0.2, 0) is 4.79 Å². The summed E-state index contributed by atoms with van der Waals surface area (Å²) in [6.45, 7) is 5.14. The number of carbonyl (C=O) groups is 1. The van der Waals surface area contributed by atoms with Gasteiger partial charge in [0, 0.05) is 5.69 Å². The molecule has 0 saturated carbocycles. The van der Waals surface area contributed by atoms with Crippen LogP contribution in [0.3, 0.4) is 0 Å². The van der Waals surface area contributed by atoms with Crippen LogP contribution in [0.15, 0.2) is 18.2 Å². The molecule has 0 aliphatic carbocycles. The van der Waals surface area contributed by atoms with Gasteiger partial charge in [-0.2, -0.15) is 0 Å². The fourth-order valence-electron chi connectivity index (χ4n) is 1.11. The maximum Gasteiger partial charge on any atom is 0.244 e. The molecule has 88 valence electrons. The highest BCUT2D eigenvalue weighted by atomic mass is 19.1. The Morgan fingerprint density at radius 2 is 2.19 bits per heavy atom. The van der Waals surface area contributed by atoms with Crippen LogP contribution in [-0.4, -0.2) is 11.4 Å². The van der Waals surface area contributed by atoms with E-state index in [2.05, 4.69) is 5.32 Å². The minimum absolute atomic E-state index is 0.307. The van der Waals surface area contributed by atoms with Crippen molar-refractivity contribution in [1.82, 2.24) is 0 Å². The van der Waals surface area contributed by atoms with Crippen molar-refractivity contribution in [2.45, 2.75) is 32.7 Å². The van der Waals surface area contributed by atoms with Gasteiger partial charge in [-0.3, -0.25) is 4.79 Å². The first-order valence-corrected chi connectivity index (χ1v) is 5.23. The molecule has 0 aliphatic heterocycles. The minimum atomic E-state index is -0.929. The topological polar surface area (TPSA) is 55.1 Å². The molecule has 3 nitrogen and oxygen atoms in total. The van der Waals surface area contributed by atoms with E-state index in [4.69, 9.17) is 5.73 Å². The predicted molar refractivity (Wildman–Crippen MR) is 62.7 cm³/mol. The van der Waals surface area contributed by atoms with Gasteiger partial charge in [0.25, 0.3) is 0 Å². The number of carbonyl (C=O) groups excluding carboxylic acids is 1. The first kappa shape index (κ1) is 12.6. The third kappa shape index (κ3) is 2.79. The van der Waals surface area contributed by atoms with Gasteiger partial charge in [0.05, 0.1) is 5.54 Å². The van der Waals surface area contributed by atoms with Crippen LogP contribution in [0.4, 0.5) is 10.1 Å². The maximum absolute atomic E-state index is 13.2. The Kier molecular flexibility index (Phi) is 3.65. The van der Waals surface area contributed by atoms with Gasteiger partial charge in [0.15, 0.2) is 0 Å². The van der Waals surface area contributed by atoms with Crippen LogP contribution in [0.5, 0.6) is 0 Å². The molecular weight excluding hydrogens is 207 g/mol. The molecule has 0 bridgehead atoms. The van der Waals surface area contributed by atoms with Gasteiger partial charge in [-0.05, 0) is 38.0 Å². The zero-order chi connectivity index (χ0) is 12.3.